The first-order valence-electron chi connectivity index (χ1n) is 8.02. The van der Waals surface area contributed by atoms with Gasteiger partial charge in [-0.1, -0.05) is 0 Å². The molecule has 6 nitrogen and oxygen atoms in total. The van der Waals surface area contributed by atoms with Crippen LogP contribution in [0.25, 0.3) is 0 Å². The minimum Gasteiger partial charge on any atom is -0.469 e. The summed E-state index contributed by atoms with van der Waals surface area (Å²) in [4.78, 5) is 18.2. The number of nitrogens with one attached hydrogen (secondary N) is 2. The normalized spacial score (nSPS) is 22.2. The summed E-state index contributed by atoms with van der Waals surface area (Å²) in [6.07, 6.45) is 5.53. The van der Waals surface area contributed by atoms with Crippen LogP contribution in [-0.2, 0) is 11.2 Å². The number of hydrogen-bond acceptors (Lipinski definition) is 3. The van der Waals surface area contributed by atoms with Crippen LogP contribution in [-0.4, -0.2) is 49.5 Å². The molecule has 1 amide bonds. The molecule has 1 aliphatic heterocycles. The largest absolute Gasteiger partial charge is 0.469 e. The lowest BCUT2D eigenvalue weighted by molar-refractivity contribution is -0.128. The molecule has 6 heteroatoms. The fourth-order valence-electron chi connectivity index (χ4n) is 2.90. The molecule has 1 aromatic rings. The highest BCUT2D eigenvalue weighted by atomic mass is 16.3. The van der Waals surface area contributed by atoms with E-state index in [9.17, 15) is 4.79 Å². The van der Waals surface area contributed by atoms with Gasteiger partial charge >= 0.3 is 0 Å². The first-order chi connectivity index (χ1) is 10.8. The van der Waals surface area contributed by atoms with Gasteiger partial charge in [0.2, 0.25) is 5.91 Å². The zero-order chi connectivity index (χ0) is 15.4. The lowest BCUT2D eigenvalue weighted by Crippen LogP contribution is -2.41. The predicted octanol–water partition coefficient (Wildman–Crippen LogP) is 0.998. The molecule has 1 aliphatic carbocycles. The van der Waals surface area contributed by atoms with Gasteiger partial charge in [-0.05, 0) is 25.0 Å². The van der Waals surface area contributed by atoms with Gasteiger partial charge in [0.15, 0.2) is 5.96 Å². The van der Waals surface area contributed by atoms with E-state index in [1.54, 1.807) is 13.3 Å². The first-order valence-corrected chi connectivity index (χ1v) is 8.02. The van der Waals surface area contributed by atoms with Crippen LogP contribution >= 0.6 is 0 Å². The zero-order valence-electron chi connectivity index (χ0n) is 13.0. The second-order valence-corrected chi connectivity index (χ2v) is 6.06. The van der Waals surface area contributed by atoms with E-state index in [2.05, 4.69) is 20.5 Å². The number of likely N-dealkylation sites (tertiary alicyclic amines) is 1. The van der Waals surface area contributed by atoms with Crippen LogP contribution in [0, 0.1) is 5.92 Å². The number of amides is 1. The summed E-state index contributed by atoms with van der Waals surface area (Å²) >= 11 is 0. The molecule has 2 fully saturated rings. The highest BCUT2D eigenvalue weighted by Crippen LogP contribution is 2.32. The van der Waals surface area contributed by atoms with Crippen molar-refractivity contribution in [1.29, 1.82) is 0 Å². The Kier molecular flexibility index (Phi) is 4.65. The molecule has 0 spiro atoms. The first kappa shape index (κ1) is 14.9. The molecule has 1 unspecified atom stereocenters. The van der Waals surface area contributed by atoms with Crippen LogP contribution in [0.2, 0.25) is 0 Å². The zero-order valence-corrected chi connectivity index (χ0v) is 13.0. The van der Waals surface area contributed by atoms with Crippen LogP contribution in [0.1, 0.15) is 25.0 Å². The molecule has 1 saturated carbocycles. The second kappa shape index (κ2) is 6.85. The van der Waals surface area contributed by atoms with Crippen LogP contribution < -0.4 is 10.6 Å². The lowest BCUT2D eigenvalue weighted by atomic mass is 10.1. The van der Waals surface area contributed by atoms with Crippen LogP contribution in [0.15, 0.2) is 27.8 Å². The Bertz CT molecular complexity index is 522. The van der Waals surface area contributed by atoms with Gasteiger partial charge in [-0.25, -0.2) is 0 Å². The summed E-state index contributed by atoms with van der Waals surface area (Å²) < 4.78 is 5.30. The molecule has 3 rings (SSSR count). The Labute approximate surface area is 131 Å². The smallest absolute Gasteiger partial charge is 0.223 e. The van der Waals surface area contributed by atoms with Crippen molar-refractivity contribution < 1.29 is 9.21 Å². The minimum atomic E-state index is 0.315. The Morgan fingerprint density at radius 2 is 2.32 bits per heavy atom. The third-order valence-electron chi connectivity index (χ3n) is 4.25. The third kappa shape index (κ3) is 3.81. The van der Waals surface area contributed by atoms with E-state index < -0.39 is 0 Å². The fraction of sp³-hybridized carbons (Fsp3) is 0.625. The molecular weight excluding hydrogens is 280 g/mol. The highest BCUT2D eigenvalue weighted by Gasteiger charge is 2.39. The molecule has 22 heavy (non-hydrogen) atoms. The maximum Gasteiger partial charge on any atom is 0.223 e. The molecule has 1 atom stereocenters. The summed E-state index contributed by atoms with van der Waals surface area (Å²) in [6, 6.07) is 4.39. The number of nitrogens with zero attached hydrogens (tertiary/aromatic N) is 2. The van der Waals surface area contributed by atoms with Crippen molar-refractivity contribution in [1.82, 2.24) is 15.5 Å². The van der Waals surface area contributed by atoms with Gasteiger partial charge in [-0.2, -0.15) is 0 Å². The molecule has 1 aromatic heterocycles. The standard InChI is InChI=1S/C16H24N4O2/c1-17-16(18-7-6-14-3-2-8-22-14)19-10-12-9-15(21)20(11-12)13-4-5-13/h2-3,8,12-13H,4-7,9-11H2,1H3,(H2,17,18,19). The Morgan fingerprint density at radius 1 is 1.45 bits per heavy atom. The molecule has 120 valence electrons. The summed E-state index contributed by atoms with van der Waals surface area (Å²) in [5.74, 6) is 2.44. The number of rotatable bonds is 6. The van der Waals surface area contributed by atoms with Crippen molar-refractivity contribution in [2.75, 3.05) is 26.7 Å². The Morgan fingerprint density at radius 3 is 3.00 bits per heavy atom. The minimum absolute atomic E-state index is 0.315. The van der Waals surface area contributed by atoms with Gasteiger partial charge < -0.3 is 20.0 Å². The average molecular weight is 304 g/mol. The number of furan rings is 1. The molecule has 1 saturated heterocycles. The predicted molar refractivity (Wildman–Crippen MR) is 84.6 cm³/mol. The molecule has 0 radical (unpaired) electrons. The van der Waals surface area contributed by atoms with E-state index in [4.69, 9.17) is 4.42 Å². The van der Waals surface area contributed by atoms with Crippen LogP contribution in [0.3, 0.4) is 0 Å². The van der Waals surface area contributed by atoms with Gasteiger partial charge in [0.25, 0.3) is 0 Å². The number of aliphatic imine (C=N–C) groups is 1. The third-order valence-corrected chi connectivity index (χ3v) is 4.25. The van der Waals surface area contributed by atoms with Gasteiger partial charge in [-0.15, -0.1) is 0 Å². The monoisotopic (exact) mass is 304 g/mol. The Balaban J connectivity index is 1.37. The van der Waals surface area contributed by atoms with Gasteiger partial charge in [0, 0.05) is 51.5 Å². The van der Waals surface area contributed by atoms with E-state index in [1.807, 2.05) is 12.1 Å². The number of carbonyl (C=O) groups excluding carboxylic acids is 1. The van der Waals surface area contributed by atoms with E-state index in [0.29, 0.717) is 24.3 Å². The van der Waals surface area contributed by atoms with Crippen molar-refractivity contribution in [3.8, 4) is 0 Å². The highest BCUT2D eigenvalue weighted by molar-refractivity contribution is 5.81. The van der Waals surface area contributed by atoms with E-state index in [1.165, 1.54) is 12.8 Å². The quantitative estimate of drug-likeness (QED) is 0.607. The maximum absolute atomic E-state index is 11.9. The van der Waals surface area contributed by atoms with Crippen LogP contribution in [0.5, 0.6) is 0 Å². The van der Waals surface area contributed by atoms with E-state index in [0.717, 1.165) is 37.8 Å². The van der Waals surface area contributed by atoms with Crippen molar-refractivity contribution >= 4 is 11.9 Å². The van der Waals surface area contributed by atoms with E-state index >= 15 is 0 Å². The summed E-state index contributed by atoms with van der Waals surface area (Å²) in [5.41, 5.74) is 0. The number of hydrogen-bond donors (Lipinski definition) is 2. The van der Waals surface area contributed by atoms with Crippen molar-refractivity contribution in [3.63, 3.8) is 0 Å². The molecule has 2 N–H and O–H groups in total. The summed E-state index contributed by atoms with van der Waals surface area (Å²) in [6.45, 7) is 2.44. The van der Waals surface area contributed by atoms with Crippen molar-refractivity contribution in [2.24, 2.45) is 10.9 Å². The molecule has 0 aromatic carbocycles. The summed E-state index contributed by atoms with van der Waals surface area (Å²) in [7, 11) is 1.76. The van der Waals surface area contributed by atoms with Gasteiger partial charge in [0.1, 0.15) is 5.76 Å². The number of guanidine groups is 1. The van der Waals surface area contributed by atoms with E-state index in [-0.39, 0.29) is 0 Å². The SMILES string of the molecule is CN=C(NCCc1ccco1)NCC1CC(=O)N(C2CC2)C1. The average Bonchev–Trinajstić information content (AvgIpc) is 3.09. The molecule has 0 bridgehead atoms. The van der Waals surface area contributed by atoms with Gasteiger partial charge in [-0.3, -0.25) is 9.79 Å². The summed E-state index contributed by atoms with van der Waals surface area (Å²) in [5, 5.41) is 6.59. The molecule has 2 aliphatic rings. The fourth-order valence-corrected chi connectivity index (χ4v) is 2.90. The Hall–Kier alpha value is -1.98. The molecular formula is C16H24N4O2. The van der Waals surface area contributed by atoms with Gasteiger partial charge in [0.05, 0.1) is 6.26 Å². The lowest BCUT2D eigenvalue weighted by Gasteiger charge is -2.17. The van der Waals surface area contributed by atoms with Crippen LogP contribution in [0.4, 0.5) is 0 Å². The van der Waals surface area contributed by atoms with Crippen molar-refractivity contribution in [2.45, 2.75) is 31.7 Å². The van der Waals surface area contributed by atoms with Crippen molar-refractivity contribution in [3.05, 3.63) is 24.2 Å². The topological polar surface area (TPSA) is 69.9 Å². The number of carbonyl (C=O) groups is 1. The molecule has 2 heterocycles. The maximum atomic E-state index is 11.9. The second-order valence-electron chi connectivity index (χ2n) is 6.06.